The van der Waals surface area contributed by atoms with Gasteiger partial charge in [0.25, 0.3) is 5.56 Å². The van der Waals surface area contributed by atoms with E-state index in [1.165, 1.54) is 11.6 Å². The first-order valence-corrected chi connectivity index (χ1v) is 7.27. The molecule has 0 saturated carbocycles. The minimum atomic E-state index is -0.767. The maximum absolute atomic E-state index is 12.3. The van der Waals surface area contributed by atoms with E-state index >= 15 is 0 Å². The van der Waals surface area contributed by atoms with E-state index in [-0.39, 0.29) is 11.7 Å². The smallest absolute Gasteiger partial charge is 0.332 e. The predicted molar refractivity (Wildman–Crippen MR) is 82.6 cm³/mol. The highest BCUT2D eigenvalue weighted by Crippen LogP contribution is 2.30. The summed E-state index contributed by atoms with van der Waals surface area (Å²) in [6.07, 6.45) is 0.620. The van der Waals surface area contributed by atoms with Gasteiger partial charge in [0.15, 0.2) is 0 Å². The molecule has 0 radical (unpaired) electrons. The number of nitrogens with two attached hydrogens (primary N) is 1. The van der Waals surface area contributed by atoms with Crippen LogP contribution in [0.3, 0.4) is 0 Å². The molecule has 21 heavy (non-hydrogen) atoms. The van der Waals surface area contributed by atoms with Crippen molar-refractivity contribution in [3.8, 4) is 0 Å². The van der Waals surface area contributed by atoms with Gasteiger partial charge < -0.3 is 15.7 Å². The van der Waals surface area contributed by atoms with E-state index in [0.29, 0.717) is 31.7 Å². The molecule has 1 aromatic rings. The van der Waals surface area contributed by atoms with Crippen molar-refractivity contribution < 1.29 is 5.11 Å². The minimum Gasteiger partial charge on any atom is -0.386 e. The Morgan fingerprint density at radius 1 is 1.33 bits per heavy atom. The van der Waals surface area contributed by atoms with Crippen LogP contribution in [-0.2, 0) is 13.6 Å². The van der Waals surface area contributed by atoms with Gasteiger partial charge in [-0.3, -0.25) is 13.9 Å². The molecule has 1 aromatic heterocycles. The van der Waals surface area contributed by atoms with Crippen LogP contribution in [0.15, 0.2) is 9.59 Å². The fraction of sp³-hybridized carbons (Fsp3) is 0.714. The molecule has 2 heterocycles. The quantitative estimate of drug-likeness (QED) is 0.799. The van der Waals surface area contributed by atoms with Crippen molar-refractivity contribution >= 4 is 11.5 Å². The zero-order chi connectivity index (χ0) is 15.9. The summed E-state index contributed by atoms with van der Waals surface area (Å²) in [4.78, 5) is 26.3. The van der Waals surface area contributed by atoms with Crippen LogP contribution in [0.25, 0.3) is 0 Å². The summed E-state index contributed by atoms with van der Waals surface area (Å²) in [6.45, 7) is 7.05. The van der Waals surface area contributed by atoms with E-state index in [1.807, 2.05) is 20.8 Å². The van der Waals surface area contributed by atoms with E-state index in [2.05, 4.69) is 0 Å². The van der Waals surface area contributed by atoms with E-state index in [1.54, 1.807) is 4.90 Å². The SMILES string of the molecule is CCC1(O)CN(c2c(N)n(CC(C)C)c(=O)n(C)c2=O)C1. The highest BCUT2D eigenvalue weighted by molar-refractivity contribution is 5.64. The first kappa shape index (κ1) is 15.6. The van der Waals surface area contributed by atoms with Gasteiger partial charge in [0.2, 0.25) is 0 Å². The Balaban J connectivity index is 2.50. The van der Waals surface area contributed by atoms with Crippen molar-refractivity contribution in [2.45, 2.75) is 39.3 Å². The molecule has 3 N–H and O–H groups in total. The molecular weight excluding hydrogens is 272 g/mol. The number of hydrogen-bond acceptors (Lipinski definition) is 5. The molecule has 1 aliphatic rings. The first-order valence-electron chi connectivity index (χ1n) is 7.27. The molecule has 1 aliphatic heterocycles. The maximum Gasteiger partial charge on any atom is 0.332 e. The molecule has 0 aliphatic carbocycles. The van der Waals surface area contributed by atoms with Crippen LogP contribution >= 0.6 is 0 Å². The minimum absolute atomic E-state index is 0.190. The molecule has 0 bridgehead atoms. The molecule has 118 valence electrons. The summed E-state index contributed by atoms with van der Waals surface area (Å²) < 4.78 is 2.52. The first-order chi connectivity index (χ1) is 9.70. The summed E-state index contributed by atoms with van der Waals surface area (Å²) in [7, 11) is 1.45. The molecule has 1 fully saturated rings. The second-order valence-corrected chi connectivity index (χ2v) is 6.32. The lowest BCUT2D eigenvalue weighted by atomic mass is 9.91. The molecule has 1 saturated heterocycles. The van der Waals surface area contributed by atoms with Crippen molar-refractivity contribution in [1.29, 1.82) is 0 Å². The number of nitrogens with zero attached hydrogens (tertiary/aromatic N) is 3. The largest absolute Gasteiger partial charge is 0.386 e. The number of aliphatic hydroxyl groups is 1. The van der Waals surface area contributed by atoms with Gasteiger partial charge in [0.05, 0.1) is 5.60 Å². The second kappa shape index (κ2) is 5.22. The van der Waals surface area contributed by atoms with E-state index in [9.17, 15) is 14.7 Å². The van der Waals surface area contributed by atoms with Crippen molar-refractivity contribution in [1.82, 2.24) is 9.13 Å². The Kier molecular flexibility index (Phi) is 3.88. The topological polar surface area (TPSA) is 93.5 Å². The van der Waals surface area contributed by atoms with Crippen LogP contribution < -0.4 is 21.9 Å². The maximum atomic E-state index is 12.3. The Morgan fingerprint density at radius 3 is 2.38 bits per heavy atom. The van der Waals surface area contributed by atoms with Gasteiger partial charge in [-0.15, -0.1) is 0 Å². The molecule has 0 atom stereocenters. The van der Waals surface area contributed by atoms with Crippen LogP contribution in [0.4, 0.5) is 11.5 Å². The molecule has 0 aromatic carbocycles. The number of aromatic nitrogens is 2. The summed E-state index contributed by atoms with van der Waals surface area (Å²) in [6, 6.07) is 0. The standard InChI is InChI=1S/C14H24N4O3/c1-5-14(21)7-17(8-14)10-11(15)18(6-9(2)3)13(20)16(4)12(10)19/h9,21H,5-8,15H2,1-4H3. The number of rotatable bonds is 4. The molecule has 7 heteroatoms. The number of hydrogen-bond donors (Lipinski definition) is 2. The third-order valence-corrected chi connectivity index (χ3v) is 4.05. The summed E-state index contributed by atoms with van der Waals surface area (Å²) in [5.74, 6) is 0.425. The highest BCUT2D eigenvalue weighted by Gasteiger charge is 2.42. The van der Waals surface area contributed by atoms with Crippen molar-refractivity contribution in [3.05, 3.63) is 20.8 Å². The second-order valence-electron chi connectivity index (χ2n) is 6.32. The highest BCUT2D eigenvalue weighted by atomic mass is 16.3. The van der Waals surface area contributed by atoms with Crippen LogP contribution in [0.2, 0.25) is 0 Å². The van der Waals surface area contributed by atoms with Crippen LogP contribution in [0, 0.1) is 5.92 Å². The van der Waals surface area contributed by atoms with E-state index < -0.39 is 16.9 Å². The molecule has 7 nitrogen and oxygen atoms in total. The van der Waals surface area contributed by atoms with Gasteiger partial charge in [-0.2, -0.15) is 0 Å². The number of anilines is 2. The van der Waals surface area contributed by atoms with Gasteiger partial charge in [-0.05, 0) is 12.3 Å². The van der Waals surface area contributed by atoms with Crippen molar-refractivity contribution in [2.75, 3.05) is 23.7 Å². The molecule has 0 unspecified atom stereocenters. The van der Waals surface area contributed by atoms with Crippen LogP contribution in [0.1, 0.15) is 27.2 Å². The Hall–Kier alpha value is -1.76. The van der Waals surface area contributed by atoms with Gasteiger partial charge in [0.1, 0.15) is 11.5 Å². The molecule has 0 spiro atoms. The lowest BCUT2D eigenvalue weighted by molar-refractivity contribution is 0.00835. The predicted octanol–water partition coefficient (Wildman–Crippen LogP) is -0.254. The fourth-order valence-electron chi connectivity index (χ4n) is 2.65. The summed E-state index contributed by atoms with van der Waals surface area (Å²) >= 11 is 0. The lowest BCUT2D eigenvalue weighted by Gasteiger charge is -2.47. The third kappa shape index (κ3) is 2.57. The lowest BCUT2D eigenvalue weighted by Crippen LogP contribution is -2.63. The molecule has 2 rings (SSSR count). The monoisotopic (exact) mass is 296 g/mol. The van der Waals surface area contributed by atoms with E-state index in [4.69, 9.17) is 5.73 Å². The zero-order valence-corrected chi connectivity index (χ0v) is 13.1. The zero-order valence-electron chi connectivity index (χ0n) is 13.1. The van der Waals surface area contributed by atoms with Gasteiger partial charge in [-0.25, -0.2) is 4.79 Å². The van der Waals surface area contributed by atoms with Gasteiger partial charge in [0, 0.05) is 26.7 Å². The average Bonchev–Trinajstić information content (AvgIpc) is 2.39. The molecule has 0 amide bonds. The third-order valence-electron chi connectivity index (χ3n) is 4.05. The van der Waals surface area contributed by atoms with Crippen molar-refractivity contribution in [2.24, 2.45) is 13.0 Å². The summed E-state index contributed by atoms with van der Waals surface area (Å²) in [5, 5.41) is 10.1. The van der Waals surface area contributed by atoms with Crippen LogP contribution in [-0.4, -0.2) is 32.9 Å². The van der Waals surface area contributed by atoms with E-state index in [0.717, 1.165) is 4.57 Å². The Bertz CT molecular complexity index is 653. The van der Waals surface area contributed by atoms with Gasteiger partial charge in [-0.1, -0.05) is 20.8 Å². The molecular formula is C14H24N4O3. The fourth-order valence-corrected chi connectivity index (χ4v) is 2.65. The number of β-amino-alcohol motifs (C(OH)–C–C–N with tert-alkyl or cyclic N) is 1. The average molecular weight is 296 g/mol. The normalized spacial score (nSPS) is 17.1. The van der Waals surface area contributed by atoms with Crippen molar-refractivity contribution in [3.63, 3.8) is 0 Å². The van der Waals surface area contributed by atoms with Gasteiger partial charge >= 0.3 is 5.69 Å². The Morgan fingerprint density at radius 2 is 1.90 bits per heavy atom. The van der Waals surface area contributed by atoms with Crippen LogP contribution in [0.5, 0.6) is 0 Å². The Labute approximate surface area is 123 Å². The number of nitrogen functional groups attached to an aromatic ring is 1. The summed E-state index contributed by atoms with van der Waals surface area (Å²) in [5.41, 5.74) is 4.81.